The van der Waals surface area contributed by atoms with Gasteiger partial charge in [0, 0.05) is 23.2 Å². The third-order valence-corrected chi connectivity index (χ3v) is 6.87. The van der Waals surface area contributed by atoms with Crippen molar-refractivity contribution in [3.05, 3.63) is 63.2 Å². The number of aliphatic hydroxyl groups excluding tert-OH is 2. The van der Waals surface area contributed by atoms with Crippen molar-refractivity contribution in [1.29, 1.82) is 0 Å². The molecule has 1 fully saturated rings. The van der Waals surface area contributed by atoms with Crippen LogP contribution in [-0.2, 0) is 13.0 Å². The number of nitrogens with zero attached hydrogens (tertiary/aromatic N) is 1. The molecule has 0 saturated heterocycles. The van der Waals surface area contributed by atoms with Gasteiger partial charge in [-0.05, 0) is 60.6 Å². The molecule has 4 rings (SSSR count). The monoisotopic (exact) mass is 401 g/mol. The van der Waals surface area contributed by atoms with Crippen LogP contribution in [-0.4, -0.2) is 34.4 Å². The van der Waals surface area contributed by atoms with Gasteiger partial charge in [0.2, 0.25) is 0 Å². The van der Waals surface area contributed by atoms with Crippen LogP contribution in [0.5, 0.6) is 5.75 Å². The summed E-state index contributed by atoms with van der Waals surface area (Å²) in [5.74, 6) is 0.838. The van der Waals surface area contributed by atoms with E-state index in [0.29, 0.717) is 6.54 Å². The van der Waals surface area contributed by atoms with E-state index in [-0.39, 0.29) is 12.1 Å². The molecular formula is C23H28ClNO3. The van der Waals surface area contributed by atoms with E-state index in [2.05, 4.69) is 18.2 Å². The van der Waals surface area contributed by atoms with Crippen LogP contribution in [0.4, 0.5) is 0 Å². The van der Waals surface area contributed by atoms with Crippen LogP contribution in [0.25, 0.3) is 0 Å². The quantitative estimate of drug-likeness (QED) is 0.799. The molecule has 2 aromatic carbocycles. The van der Waals surface area contributed by atoms with E-state index in [1.54, 1.807) is 7.11 Å². The smallest absolute Gasteiger partial charge is 0.134 e. The normalized spacial score (nSPS) is 25.0. The highest BCUT2D eigenvalue weighted by molar-refractivity contribution is 6.32. The fourth-order valence-corrected chi connectivity index (χ4v) is 4.93. The SMILES string of the molecule is COc1ccc(Cc2cc3c(c(Cl)c2C)CN([C@H]2CCCC[C@@H]2O)C3O)cc1. The molecule has 28 heavy (non-hydrogen) atoms. The van der Waals surface area contributed by atoms with Crippen LogP contribution in [0.1, 0.15) is 59.7 Å². The fraction of sp³-hybridized carbons (Fsp3) is 0.478. The van der Waals surface area contributed by atoms with E-state index in [4.69, 9.17) is 16.3 Å². The predicted molar refractivity (Wildman–Crippen MR) is 111 cm³/mol. The minimum atomic E-state index is -0.708. The van der Waals surface area contributed by atoms with Crippen LogP contribution >= 0.6 is 11.6 Å². The molecule has 4 nitrogen and oxygen atoms in total. The molecule has 2 aromatic rings. The molecule has 2 N–H and O–H groups in total. The van der Waals surface area contributed by atoms with Gasteiger partial charge in [0.05, 0.1) is 13.2 Å². The van der Waals surface area contributed by atoms with Crippen molar-refractivity contribution in [2.24, 2.45) is 0 Å². The maximum atomic E-state index is 11.0. The molecule has 0 amide bonds. The molecule has 0 spiro atoms. The third kappa shape index (κ3) is 3.55. The molecule has 1 saturated carbocycles. The highest BCUT2D eigenvalue weighted by Crippen LogP contribution is 2.42. The fourth-order valence-electron chi connectivity index (χ4n) is 4.64. The first kappa shape index (κ1) is 19.7. The van der Waals surface area contributed by atoms with Crippen molar-refractivity contribution in [2.75, 3.05) is 7.11 Å². The summed E-state index contributed by atoms with van der Waals surface area (Å²) in [4.78, 5) is 2.02. The van der Waals surface area contributed by atoms with E-state index < -0.39 is 6.23 Å². The topological polar surface area (TPSA) is 52.9 Å². The number of rotatable bonds is 4. The number of aliphatic hydroxyl groups is 2. The van der Waals surface area contributed by atoms with Crippen molar-refractivity contribution < 1.29 is 14.9 Å². The van der Waals surface area contributed by atoms with Crippen molar-refractivity contribution in [1.82, 2.24) is 4.90 Å². The van der Waals surface area contributed by atoms with E-state index >= 15 is 0 Å². The Hall–Kier alpha value is -1.59. The number of ether oxygens (including phenoxy) is 1. The Kier molecular flexibility index (Phi) is 5.66. The maximum absolute atomic E-state index is 11.0. The van der Waals surface area contributed by atoms with Crippen molar-refractivity contribution >= 4 is 11.6 Å². The second kappa shape index (κ2) is 8.03. The molecule has 1 unspecified atom stereocenters. The highest BCUT2D eigenvalue weighted by atomic mass is 35.5. The van der Waals surface area contributed by atoms with Gasteiger partial charge in [0.1, 0.15) is 12.0 Å². The Bertz CT molecular complexity index is 852. The summed E-state index contributed by atoms with van der Waals surface area (Å²) in [5, 5.41) is 22.2. The number of methoxy groups -OCH3 is 1. The molecule has 0 bridgehead atoms. The number of fused-ring (bicyclic) bond motifs is 1. The van der Waals surface area contributed by atoms with Gasteiger partial charge in [0.25, 0.3) is 0 Å². The van der Waals surface area contributed by atoms with Crippen molar-refractivity contribution in [2.45, 2.75) is 63.9 Å². The van der Waals surface area contributed by atoms with Crippen LogP contribution in [0.3, 0.4) is 0 Å². The number of hydrogen-bond donors (Lipinski definition) is 2. The Labute approximate surface area is 171 Å². The second-order valence-electron chi connectivity index (χ2n) is 8.03. The molecular weight excluding hydrogens is 374 g/mol. The molecule has 150 valence electrons. The standard InChI is InChI=1S/C23H28ClNO3/c1-14-16(11-15-7-9-17(28-2)10-8-15)12-18-19(22(14)24)13-25(23(18)27)20-5-3-4-6-21(20)26/h7-10,12,20-21,23,26-27H,3-6,11,13H2,1-2H3/t20-,21-,23?/m0/s1. The summed E-state index contributed by atoms with van der Waals surface area (Å²) >= 11 is 6.74. The summed E-state index contributed by atoms with van der Waals surface area (Å²) in [7, 11) is 1.66. The lowest BCUT2D eigenvalue weighted by Gasteiger charge is -2.36. The number of halogens is 1. The van der Waals surface area contributed by atoms with Gasteiger partial charge in [-0.25, -0.2) is 0 Å². The zero-order valence-electron chi connectivity index (χ0n) is 16.5. The number of benzene rings is 2. The lowest BCUT2D eigenvalue weighted by Crippen LogP contribution is -2.44. The zero-order chi connectivity index (χ0) is 19.8. The van der Waals surface area contributed by atoms with Gasteiger partial charge >= 0.3 is 0 Å². The Balaban J connectivity index is 1.62. The van der Waals surface area contributed by atoms with E-state index in [9.17, 15) is 10.2 Å². The molecule has 2 aliphatic rings. The van der Waals surface area contributed by atoms with Crippen LogP contribution in [0.15, 0.2) is 30.3 Å². The molecule has 0 aromatic heterocycles. The summed E-state index contributed by atoms with van der Waals surface area (Å²) in [6, 6.07) is 10.1. The first-order chi connectivity index (χ1) is 13.5. The Morgan fingerprint density at radius 2 is 1.86 bits per heavy atom. The molecule has 5 heteroatoms. The Morgan fingerprint density at radius 1 is 1.14 bits per heavy atom. The molecule has 1 aliphatic heterocycles. The highest BCUT2D eigenvalue weighted by Gasteiger charge is 2.39. The maximum Gasteiger partial charge on any atom is 0.134 e. The van der Waals surface area contributed by atoms with Gasteiger partial charge < -0.3 is 14.9 Å². The summed E-state index contributed by atoms with van der Waals surface area (Å²) in [5.41, 5.74) is 5.25. The van der Waals surface area contributed by atoms with Gasteiger partial charge in [-0.15, -0.1) is 0 Å². The second-order valence-corrected chi connectivity index (χ2v) is 8.41. The molecule has 3 atom stereocenters. The van der Waals surface area contributed by atoms with Crippen molar-refractivity contribution in [3.8, 4) is 5.75 Å². The Morgan fingerprint density at radius 3 is 2.54 bits per heavy atom. The lowest BCUT2D eigenvalue weighted by molar-refractivity contribution is -0.0701. The first-order valence-electron chi connectivity index (χ1n) is 10.0. The van der Waals surface area contributed by atoms with E-state index in [1.165, 1.54) is 5.56 Å². The minimum Gasteiger partial charge on any atom is -0.497 e. The first-order valence-corrected chi connectivity index (χ1v) is 10.4. The average Bonchev–Trinajstić information content (AvgIpc) is 3.03. The zero-order valence-corrected chi connectivity index (χ0v) is 17.2. The summed E-state index contributed by atoms with van der Waals surface area (Å²) in [6.07, 6.45) is 3.54. The van der Waals surface area contributed by atoms with Crippen LogP contribution in [0, 0.1) is 6.92 Å². The van der Waals surface area contributed by atoms with Crippen molar-refractivity contribution in [3.63, 3.8) is 0 Å². The summed E-state index contributed by atoms with van der Waals surface area (Å²) in [6.45, 7) is 2.65. The van der Waals surface area contributed by atoms with E-state index in [1.807, 2.05) is 24.0 Å². The van der Waals surface area contributed by atoms with Crippen LogP contribution in [0.2, 0.25) is 5.02 Å². The molecule has 1 aliphatic carbocycles. The molecule has 0 radical (unpaired) electrons. The number of hydrogen-bond acceptors (Lipinski definition) is 4. The minimum absolute atomic E-state index is 0.00226. The predicted octanol–water partition coefficient (Wildman–Crippen LogP) is 4.36. The van der Waals surface area contributed by atoms with Gasteiger partial charge in [-0.1, -0.05) is 42.6 Å². The largest absolute Gasteiger partial charge is 0.497 e. The van der Waals surface area contributed by atoms with E-state index in [0.717, 1.165) is 65.1 Å². The lowest BCUT2D eigenvalue weighted by atomic mass is 9.91. The van der Waals surface area contributed by atoms with Gasteiger partial charge in [-0.3, -0.25) is 4.90 Å². The third-order valence-electron chi connectivity index (χ3n) is 6.36. The van der Waals surface area contributed by atoms with Crippen LogP contribution < -0.4 is 4.74 Å². The summed E-state index contributed by atoms with van der Waals surface area (Å²) < 4.78 is 5.23. The molecule has 1 heterocycles. The average molecular weight is 402 g/mol. The van der Waals surface area contributed by atoms with Gasteiger partial charge in [0.15, 0.2) is 0 Å². The van der Waals surface area contributed by atoms with Gasteiger partial charge in [-0.2, -0.15) is 0 Å².